The zero-order chi connectivity index (χ0) is 57.0. The minimum absolute atomic E-state index is 0. The number of benzene rings is 8. The van der Waals surface area contributed by atoms with Gasteiger partial charge >= 0.3 is 0 Å². The molecule has 0 aliphatic carbocycles. The first-order valence-electron chi connectivity index (χ1n) is 28.4. The van der Waals surface area contributed by atoms with Crippen LogP contribution in [0.4, 0.5) is 0 Å². The first-order chi connectivity index (χ1) is 37.0. The Morgan fingerprint density at radius 2 is 0.704 bits per heavy atom. The molecule has 10 rings (SSSR count). The summed E-state index contributed by atoms with van der Waals surface area (Å²) in [5, 5.41) is 29.8. The molecule has 0 saturated heterocycles. The molecule has 2 heterocycles. The maximum absolute atomic E-state index is 12.8. The van der Waals surface area contributed by atoms with Crippen LogP contribution in [0.3, 0.4) is 0 Å². The van der Waals surface area contributed by atoms with Crippen molar-refractivity contribution in [3.63, 3.8) is 0 Å². The van der Waals surface area contributed by atoms with E-state index in [4.69, 9.17) is 9.47 Å². The van der Waals surface area contributed by atoms with Crippen LogP contribution in [-0.2, 0) is 47.9 Å². The molecule has 0 spiro atoms. The van der Waals surface area contributed by atoms with E-state index in [2.05, 4.69) is 249 Å². The number of aromatic hydroxyl groups is 4. The van der Waals surface area contributed by atoms with Gasteiger partial charge in [-0.3, -0.25) is 0 Å². The second-order valence-corrected chi connectivity index (χ2v) is 27.0. The predicted octanol–water partition coefficient (Wildman–Crippen LogP) is 19.7. The first-order valence-corrected chi connectivity index (χ1v) is 28.4. The van der Waals surface area contributed by atoms with Gasteiger partial charge in [-0.15, -0.1) is 0 Å². The van der Waals surface area contributed by atoms with Crippen LogP contribution in [0.2, 0.25) is 0 Å². The normalized spacial score (nSPS) is 12.4. The van der Waals surface area contributed by atoms with E-state index in [1.807, 2.05) is 6.07 Å². The van der Waals surface area contributed by atoms with Crippen LogP contribution < -0.4 is 0 Å². The SMILES string of the molecule is Cc1cc(C)c([OH+]CCC[OH+]c2c(C)cc(C)cc2-c2cc(C)cc(-n3c4cc(C(C)(C)C)ccc4c4ccc(C(C)(C)C)cc43)c2O)c(-c2cc(C)c(-n3c4cc(C(C)(C)C)ccc4c4ccc(C(C)(C)C)cc43)cc2O)c1.[CH3-].[Zr]. The molecule has 0 amide bonds. The quantitative estimate of drug-likeness (QED) is 0.0813. The predicted molar refractivity (Wildman–Crippen MR) is 343 cm³/mol. The van der Waals surface area contributed by atoms with E-state index in [1.165, 1.54) is 33.0 Å². The van der Waals surface area contributed by atoms with Crippen molar-refractivity contribution in [3.8, 4) is 56.6 Å². The molecule has 0 aliphatic heterocycles. The van der Waals surface area contributed by atoms with Gasteiger partial charge in [-0.1, -0.05) is 132 Å². The summed E-state index contributed by atoms with van der Waals surface area (Å²) in [6, 6.07) is 44.4. The van der Waals surface area contributed by atoms with E-state index in [1.54, 1.807) is 0 Å². The third-order valence-corrected chi connectivity index (χ3v) is 16.4. The zero-order valence-electron chi connectivity index (χ0n) is 51.9. The van der Waals surface area contributed by atoms with Crippen molar-refractivity contribution in [2.45, 2.75) is 153 Å². The fourth-order valence-corrected chi connectivity index (χ4v) is 11.9. The third kappa shape index (κ3) is 11.4. The molecule has 10 aromatic rings. The van der Waals surface area contributed by atoms with E-state index in [0.717, 1.165) is 111 Å². The van der Waals surface area contributed by atoms with Gasteiger partial charge in [-0.2, -0.15) is 0 Å². The molecule has 0 aliphatic rings. The number of aryl methyl sites for hydroxylation is 6. The van der Waals surface area contributed by atoms with Crippen molar-refractivity contribution in [3.05, 3.63) is 184 Å². The Morgan fingerprint density at radius 3 is 1.07 bits per heavy atom. The molecular weight excluding hydrogens is 1070 g/mol. The van der Waals surface area contributed by atoms with E-state index >= 15 is 0 Å². The standard InChI is InChI=1S/C73H82N2O4.CH3.Zr/c1-42-30-46(5)68(58(33-42)56-36-45(4)60(41-66(56)76)74-61-37-48(70(7,8)9)20-24-52(61)53-25-21-49(38-62(53)74)71(10,11)12)78-28-19-29-79-69-47(6)31-43(2)34-59(69)57-32-44(3)35-65(67(57)77)75-63-39-50(72(13,14)15)22-26-54(63)55-27-23-51(40-64(55)75)73(16,17)18;;/h20-27,30-41,76-77H,19,28-29H2,1-18H3;1H3;/q;-1;/p+2. The summed E-state index contributed by atoms with van der Waals surface area (Å²) < 4.78 is 15.3. The number of phenolic OH excluding ortho intramolecular Hbond substituents is 2. The van der Waals surface area contributed by atoms with Crippen molar-refractivity contribution in [2.75, 3.05) is 13.2 Å². The number of aromatic nitrogens is 2. The van der Waals surface area contributed by atoms with Crippen molar-refractivity contribution in [2.24, 2.45) is 0 Å². The Hall–Kier alpha value is -6.56. The van der Waals surface area contributed by atoms with Crippen LogP contribution in [0.5, 0.6) is 23.0 Å². The fraction of sp³-hybridized carbons (Fsp3) is 0.338. The van der Waals surface area contributed by atoms with E-state index in [9.17, 15) is 10.2 Å². The van der Waals surface area contributed by atoms with Crippen LogP contribution in [0, 0.1) is 49.0 Å². The van der Waals surface area contributed by atoms with Gasteiger partial charge in [0, 0.05) is 76.1 Å². The van der Waals surface area contributed by atoms with Gasteiger partial charge in [-0.05, 0) is 174 Å². The molecule has 4 N–H and O–H groups in total. The Morgan fingerprint density at radius 1 is 0.370 bits per heavy atom. The van der Waals surface area contributed by atoms with Gasteiger partial charge in [0.2, 0.25) is 0 Å². The smallest absolute Gasteiger partial charge is 0.265 e. The maximum Gasteiger partial charge on any atom is 0.265 e. The topological polar surface area (TPSA) is 75.9 Å². The van der Waals surface area contributed by atoms with Gasteiger partial charge in [0.1, 0.15) is 17.9 Å². The largest absolute Gasteiger partial charge is 0.582 e. The van der Waals surface area contributed by atoms with Gasteiger partial charge < -0.3 is 36.2 Å². The minimum atomic E-state index is -0.0603. The van der Waals surface area contributed by atoms with Crippen molar-refractivity contribution < 1.29 is 45.9 Å². The average molecular weight is 1160 g/mol. The van der Waals surface area contributed by atoms with Gasteiger partial charge in [0.15, 0.2) is 13.2 Å². The molecule has 0 unspecified atom stereocenters. The summed E-state index contributed by atoms with van der Waals surface area (Å²) in [6.45, 7) is 40.9. The molecule has 8 aromatic carbocycles. The Kier molecular flexibility index (Phi) is 16.4. The Balaban J connectivity index is 0.00000430. The van der Waals surface area contributed by atoms with Crippen LogP contribution in [0.15, 0.2) is 121 Å². The molecule has 0 fully saturated rings. The summed E-state index contributed by atoms with van der Waals surface area (Å²) in [5.41, 5.74) is 20.8. The van der Waals surface area contributed by atoms with Crippen LogP contribution >= 0.6 is 0 Å². The maximum atomic E-state index is 12.8. The van der Waals surface area contributed by atoms with Crippen LogP contribution in [-0.4, -0.2) is 42.0 Å². The third-order valence-electron chi connectivity index (χ3n) is 16.4. The van der Waals surface area contributed by atoms with Gasteiger partial charge in [-0.25, -0.2) is 0 Å². The Bertz CT molecular complexity index is 3920. The molecule has 0 atom stereocenters. The molecule has 420 valence electrons. The number of hydrogen-bond donors (Lipinski definition) is 2. The summed E-state index contributed by atoms with van der Waals surface area (Å²) >= 11 is 0. The molecule has 2 aromatic heterocycles. The van der Waals surface area contributed by atoms with E-state index in [-0.39, 0.29) is 66.8 Å². The summed E-state index contributed by atoms with van der Waals surface area (Å²) in [7, 11) is 0. The fourth-order valence-electron chi connectivity index (χ4n) is 11.9. The van der Waals surface area contributed by atoms with Gasteiger partial charge in [0.05, 0.1) is 44.6 Å². The molecule has 81 heavy (non-hydrogen) atoms. The summed E-state index contributed by atoms with van der Waals surface area (Å²) in [6.07, 6.45) is 0.711. The monoisotopic (exact) mass is 1160 g/mol. The zero-order valence-corrected chi connectivity index (χ0v) is 54.3. The van der Waals surface area contributed by atoms with Crippen molar-refractivity contribution >= 4 is 43.6 Å². The molecular formula is C74H87N2O4Zr+. The van der Waals surface area contributed by atoms with Crippen molar-refractivity contribution in [1.29, 1.82) is 0 Å². The number of hydrogen-bond acceptors (Lipinski definition) is 2. The van der Waals surface area contributed by atoms with Crippen molar-refractivity contribution in [1.82, 2.24) is 9.13 Å². The second kappa shape index (κ2) is 22.0. The summed E-state index contributed by atoms with van der Waals surface area (Å²) in [5.74, 6) is 2.22. The van der Waals surface area contributed by atoms with Gasteiger partial charge in [0.25, 0.3) is 11.5 Å². The number of rotatable bonds is 10. The average Bonchev–Trinajstić information content (AvgIpc) is 3.87. The first kappa shape index (κ1) is 60.5. The minimum Gasteiger partial charge on any atom is -0.582 e. The van der Waals surface area contributed by atoms with E-state index in [0.29, 0.717) is 19.6 Å². The number of aliphatic hydroxyl groups is 2. The molecule has 0 bridgehead atoms. The van der Waals surface area contributed by atoms with Crippen LogP contribution in [0.25, 0.3) is 77.2 Å². The summed E-state index contributed by atoms with van der Waals surface area (Å²) in [4.78, 5) is 0. The van der Waals surface area contributed by atoms with Crippen LogP contribution in [0.1, 0.15) is 145 Å². The molecule has 0 saturated carbocycles. The molecule has 0 radical (unpaired) electrons. The second-order valence-electron chi connectivity index (χ2n) is 27.0. The van der Waals surface area contributed by atoms with E-state index < -0.39 is 0 Å². The number of phenols is 2. The molecule has 7 heteroatoms. The molecule has 6 nitrogen and oxygen atoms in total. The number of fused-ring (bicyclic) bond motifs is 6. The Labute approximate surface area is 502 Å². The number of nitrogens with zero attached hydrogens (tertiary/aromatic N) is 2. The number of ether oxygens (including phenoxy) is 2.